The fraction of sp³-hybridized carbons (Fsp3) is 0.308. The Kier molecular flexibility index (Phi) is 4.60. The summed E-state index contributed by atoms with van der Waals surface area (Å²) in [5, 5.41) is 0. The molecule has 0 amide bonds. The summed E-state index contributed by atoms with van der Waals surface area (Å²) in [6.45, 7) is 0.992. The maximum atomic E-state index is 5.50. The first kappa shape index (κ1) is 12.4. The number of aryl methyl sites for hydroxylation is 1. The Labute approximate surface area is 106 Å². The van der Waals surface area contributed by atoms with E-state index in [1.165, 1.54) is 5.56 Å². The third-order valence-electron chi connectivity index (χ3n) is 2.49. The van der Waals surface area contributed by atoms with Crippen molar-refractivity contribution in [1.29, 1.82) is 0 Å². The molecule has 0 atom stereocenters. The quantitative estimate of drug-likeness (QED) is 0.776. The van der Waals surface area contributed by atoms with Crippen LogP contribution in [-0.2, 0) is 13.0 Å². The first-order chi connectivity index (χ1) is 8.88. The zero-order valence-corrected chi connectivity index (χ0v) is 10.1. The molecule has 0 radical (unpaired) electrons. The first-order valence-corrected chi connectivity index (χ1v) is 5.92. The zero-order valence-electron chi connectivity index (χ0n) is 10.1. The molecule has 0 aliphatic rings. The largest absolute Gasteiger partial charge is 0.463 e. The van der Waals surface area contributed by atoms with Crippen molar-refractivity contribution in [1.82, 2.24) is 15.0 Å². The molecule has 0 aliphatic carbocycles. The highest BCUT2D eigenvalue weighted by molar-refractivity contribution is 5.09. The topological polar surface area (TPSA) is 73.9 Å². The molecule has 0 saturated carbocycles. The number of hydrogen-bond donors (Lipinski definition) is 1. The summed E-state index contributed by atoms with van der Waals surface area (Å²) < 4.78 is 5.48. The molecule has 2 rings (SSSR count). The van der Waals surface area contributed by atoms with Gasteiger partial charge in [-0.15, -0.1) is 0 Å². The molecule has 2 aromatic rings. The summed E-state index contributed by atoms with van der Waals surface area (Å²) in [5.41, 5.74) is 7.54. The van der Waals surface area contributed by atoms with Crippen LogP contribution in [0.5, 0.6) is 6.01 Å². The van der Waals surface area contributed by atoms with Gasteiger partial charge in [0.2, 0.25) is 0 Å². The van der Waals surface area contributed by atoms with E-state index in [1.54, 1.807) is 24.7 Å². The number of rotatable bonds is 6. The van der Waals surface area contributed by atoms with E-state index in [0.717, 1.165) is 18.5 Å². The number of nitrogens with zero attached hydrogens (tertiary/aromatic N) is 3. The normalized spacial score (nSPS) is 10.3. The lowest BCUT2D eigenvalue weighted by Crippen LogP contribution is -2.06. The third kappa shape index (κ3) is 3.78. The lowest BCUT2D eigenvalue weighted by molar-refractivity contribution is 0.285. The number of hydrogen-bond acceptors (Lipinski definition) is 5. The van der Waals surface area contributed by atoms with E-state index < -0.39 is 0 Å². The Morgan fingerprint density at radius 1 is 1.11 bits per heavy atom. The molecule has 0 spiro atoms. The van der Waals surface area contributed by atoms with Crippen LogP contribution >= 0.6 is 0 Å². The van der Waals surface area contributed by atoms with E-state index in [9.17, 15) is 0 Å². The molecule has 0 unspecified atom stereocenters. The highest BCUT2D eigenvalue weighted by Gasteiger charge is 1.99. The predicted molar refractivity (Wildman–Crippen MR) is 68.0 cm³/mol. The molecule has 5 heteroatoms. The summed E-state index contributed by atoms with van der Waals surface area (Å²) in [6.07, 6.45) is 7.13. The number of nitrogens with two attached hydrogens (primary N) is 1. The van der Waals surface area contributed by atoms with Gasteiger partial charge >= 0.3 is 6.01 Å². The molecule has 0 aliphatic heterocycles. The van der Waals surface area contributed by atoms with Gasteiger partial charge in [-0.2, -0.15) is 4.98 Å². The van der Waals surface area contributed by atoms with E-state index in [1.807, 2.05) is 12.1 Å². The maximum Gasteiger partial charge on any atom is 0.316 e. The van der Waals surface area contributed by atoms with Gasteiger partial charge in [0.15, 0.2) is 0 Å². The van der Waals surface area contributed by atoms with Gasteiger partial charge in [0, 0.05) is 25.1 Å². The van der Waals surface area contributed by atoms with Crippen molar-refractivity contribution in [3.8, 4) is 6.01 Å². The van der Waals surface area contributed by atoms with Crippen molar-refractivity contribution in [2.24, 2.45) is 5.73 Å². The minimum atomic E-state index is 0.396. The second-order valence-electron chi connectivity index (χ2n) is 3.84. The minimum Gasteiger partial charge on any atom is -0.463 e. The molecule has 0 saturated heterocycles. The van der Waals surface area contributed by atoms with Crippen molar-refractivity contribution >= 4 is 0 Å². The van der Waals surface area contributed by atoms with Gasteiger partial charge in [0.1, 0.15) is 0 Å². The highest BCUT2D eigenvalue weighted by Crippen LogP contribution is 2.05. The summed E-state index contributed by atoms with van der Waals surface area (Å²) >= 11 is 0. The van der Waals surface area contributed by atoms with Crippen LogP contribution in [0.2, 0.25) is 0 Å². The lowest BCUT2D eigenvalue weighted by atomic mass is 10.1. The van der Waals surface area contributed by atoms with Crippen LogP contribution in [0, 0.1) is 0 Å². The predicted octanol–water partition coefficient (Wildman–Crippen LogP) is 1.34. The molecular weight excluding hydrogens is 228 g/mol. The van der Waals surface area contributed by atoms with Crippen molar-refractivity contribution in [3.63, 3.8) is 0 Å². The van der Waals surface area contributed by atoms with E-state index in [-0.39, 0.29) is 0 Å². The average molecular weight is 244 g/mol. The molecule has 18 heavy (non-hydrogen) atoms. The maximum absolute atomic E-state index is 5.50. The van der Waals surface area contributed by atoms with Crippen molar-refractivity contribution in [2.45, 2.75) is 19.4 Å². The number of ether oxygens (including phenoxy) is 1. The van der Waals surface area contributed by atoms with E-state index in [2.05, 4.69) is 15.0 Å². The van der Waals surface area contributed by atoms with Gasteiger partial charge in [0.05, 0.1) is 12.3 Å². The fourth-order valence-corrected chi connectivity index (χ4v) is 1.55. The molecular formula is C13H16N4O. The second-order valence-corrected chi connectivity index (χ2v) is 3.84. The molecule has 94 valence electrons. The van der Waals surface area contributed by atoms with Crippen LogP contribution in [-0.4, -0.2) is 21.6 Å². The monoisotopic (exact) mass is 244 g/mol. The van der Waals surface area contributed by atoms with E-state index >= 15 is 0 Å². The molecule has 2 N–H and O–H groups in total. The second kappa shape index (κ2) is 6.66. The third-order valence-corrected chi connectivity index (χ3v) is 2.49. The van der Waals surface area contributed by atoms with Crippen LogP contribution in [0.1, 0.15) is 17.7 Å². The van der Waals surface area contributed by atoms with E-state index in [0.29, 0.717) is 19.2 Å². The molecule has 5 nitrogen and oxygen atoms in total. The standard InChI is InChI=1S/C13H16N4O/c14-10-12-5-8-16-13(17-12)18-9-1-2-11-3-6-15-7-4-11/h3-8H,1-2,9-10,14H2. The highest BCUT2D eigenvalue weighted by atomic mass is 16.5. The number of aromatic nitrogens is 3. The first-order valence-electron chi connectivity index (χ1n) is 5.92. The summed E-state index contributed by atoms with van der Waals surface area (Å²) in [5.74, 6) is 0. The molecule has 0 bridgehead atoms. The Bertz CT molecular complexity index is 475. The van der Waals surface area contributed by atoms with Gasteiger partial charge in [-0.1, -0.05) is 0 Å². The van der Waals surface area contributed by atoms with Crippen molar-refractivity contribution < 1.29 is 4.74 Å². The summed E-state index contributed by atoms with van der Waals surface area (Å²) in [6, 6.07) is 6.19. The zero-order chi connectivity index (χ0) is 12.6. The minimum absolute atomic E-state index is 0.396. The van der Waals surface area contributed by atoms with Gasteiger partial charge in [-0.05, 0) is 36.6 Å². The van der Waals surface area contributed by atoms with Gasteiger partial charge < -0.3 is 10.5 Å². The Balaban J connectivity index is 1.75. The molecule has 2 aromatic heterocycles. The fourth-order valence-electron chi connectivity index (χ4n) is 1.55. The van der Waals surface area contributed by atoms with Crippen LogP contribution < -0.4 is 10.5 Å². The lowest BCUT2D eigenvalue weighted by Gasteiger charge is -2.05. The molecule has 2 heterocycles. The molecule has 0 aromatic carbocycles. The van der Waals surface area contributed by atoms with Crippen LogP contribution in [0.4, 0.5) is 0 Å². The average Bonchev–Trinajstić information content (AvgIpc) is 2.45. The van der Waals surface area contributed by atoms with Crippen molar-refractivity contribution in [3.05, 3.63) is 48.0 Å². The number of pyridine rings is 1. The van der Waals surface area contributed by atoms with E-state index in [4.69, 9.17) is 10.5 Å². The van der Waals surface area contributed by atoms with Crippen LogP contribution in [0.15, 0.2) is 36.8 Å². The Hall–Kier alpha value is -2.01. The smallest absolute Gasteiger partial charge is 0.316 e. The van der Waals surface area contributed by atoms with Gasteiger partial charge in [0.25, 0.3) is 0 Å². The van der Waals surface area contributed by atoms with Gasteiger partial charge in [-0.25, -0.2) is 4.98 Å². The van der Waals surface area contributed by atoms with Gasteiger partial charge in [-0.3, -0.25) is 4.98 Å². The summed E-state index contributed by atoms with van der Waals surface area (Å²) in [4.78, 5) is 12.2. The SMILES string of the molecule is NCc1ccnc(OCCCc2ccncc2)n1. The van der Waals surface area contributed by atoms with Crippen LogP contribution in [0.25, 0.3) is 0 Å². The van der Waals surface area contributed by atoms with Crippen molar-refractivity contribution in [2.75, 3.05) is 6.61 Å². The van der Waals surface area contributed by atoms with Crippen LogP contribution in [0.3, 0.4) is 0 Å². The summed E-state index contributed by atoms with van der Waals surface area (Å²) in [7, 11) is 0. The Morgan fingerprint density at radius 2 is 1.94 bits per heavy atom. The Morgan fingerprint density at radius 3 is 2.72 bits per heavy atom. The molecule has 0 fully saturated rings.